The van der Waals surface area contributed by atoms with Gasteiger partial charge in [-0.05, 0) is 169 Å². The van der Waals surface area contributed by atoms with Crippen LogP contribution in [0.25, 0.3) is 99.4 Å². The van der Waals surface area contributed by atoms with Gasteiger partial charge in [0.05, 0.1) is 6.04 Å². The summed E-state index contributed by atoms with van der Waals surface area (Å²) in [6, 6.07) is 75.0. The van der Waals surface area contributed by atoms with Crippen LogP contribution in [0.4, 0.5) is 11.4 Å². The molecule has 0 saturated carbocycles. The molecule has 1 heterocycles. The van der Waals surface area contributed by atoms with Crippen LogP contribution in [0, 0.1) is 6.92 Å². The van der Waals surface area contributed by atoms with E-state index in [0.29, 0.717) is 5.89 Å². The highest BCUT2D eigenvalue weighted by Crippen LogP contribution is 2.40. The molecule has 2 aliphatic rings. The van der Waals surface area contributed by atoms with Crippen LogP contribution >= 0.6 is 0 Å². The molecule has 10 aromatic carbocycles. The molecule has 0 radical (unpaired) electrons. The lowest BCUT2D eigenvalue weighted by atomic mass is 9.91. The zero-order chi connectivity index (χ0) is 47.3. The first kappa shape index (κ1) is 42.3. The molecule has 1 unspecified atom stereocenters. The van der Waals surface area contributed by atoms with Gasteiger partial charge in [0.25, 0.3) is 0 Å². The van der Waals surface area contributed by atoms with Crippen molar-refractivity contribution >= 4 is 65.9 Å². The van der Waals surface area contributed by atoms with Crippen molar-refractivity contribution in [3.63, 3.8) is 0 Å². The summed E-state index contributed by atoms with van der Waals surface area (Å²) < 4.78 is 6.38. The summed E-state index contributed by atoms with van der Waals surface area (Å²) in [6.07, 6.45) is 17.1. The van der Waals surface area contributed by atoms with Crippen molar-refractivity contribution in [2.45, 2.75) is 32.2 Å². The molecule has 0 amide bonds. The van der Waals surface area contributed by atoms with Crippen LogP contribution < -0.4 is 4.90 Å². The molecule has 0 bridgehead atoms. The standard InChI is InChI=1S/C68H50N2O/c1-45-42-54(33-39-60(45)63-20-11-21-65-64(63)40-41-66-67(65)69-68(71-66)53-25-22-48(23-26-53)46-12-4-2-5-13-46)55-27-24-50-30-38-59(44-56(50)43-55)70(57-34-28-49(29-35-57)47-14-6-3-7-15-47)58-36-31-52(32-37-58)62-19-10-17-51-16-8-9-18-61(51)62/h2,4-6,8-36,38-44,58H,3,7,37H2,1H3. The lowest BCUT2D eigenvalue weighted by Crippen LogP contribution is -2.30. The van der Waals surface area contributed by atoms with Crippen molar-refractivity contribution in [1.82, 2.24) is 4.98 Å². The monoisotopic (exact) mass is 910 g/mol. The topological polar surface area (TPSA) is 29.3 Å². The van der Waals surface area contributed by atoms with Crippen LogP contribution in [0.5, 0.6) is 0 Å². The number of oxazole rings is 1. The Labute approximate surface area is 414 Å². The van der Waals surface area contributed by atoms with Crippen molar-refractivity contribution in [3.8, 4) is 44.8 Å². The quantitative estimate of drug-likeness (QED) is 0.144. The van der Waals surface area contributed by atoms with Gasteiger partial charge in [-0.15, -0.1) is 0 Å². The van der Waals surface area contributed by atoms with E-state index < -0.39 is 0 Å². The largest absolute Gasteiger partial charge is 0.436 e. The van der Waals surface area contributed by atoms with E-state index in [0.717, 1.165) is 46.7 Å². The predicted molar refractivity (Wildman–Crippen MR) is 300 cm³/mol. The van der Waals surface area contributed by atoms with E-state index in [2.05, 4.69) is 248 Å². The summed E-state index contributed by atoms with van der Waals surface area (Å²) in [7, 11) is 0. The number of anilines is 2. The van der Waals surface area contributed by atoms with Gasteiger partial charge in [0, 0.05) is 22.3 Å². The number of nitrogens with zero attached hydrogens (tertiary/aromatic N) is 2. The third-order valence-corrected chi connectivity index (χ3v) is 14.6. The van der Waals surface area contributed by atoms with E-state index in [1.807, 2.05) is 6.07 Å². The molecule has 11 aromatic rings. The first-order valence-corrected chi connectivity index (χ1v) is 24.8. The number of hydrogen-bond acceptors (Lipinski definition) is 3. The fourth-order valence-corrected chi connectivity index (χ4v) is 10.9. The fraction of sp³-hybridized carbons (Fsp3) is 0.0735. The van der Waals surface area contributed by atoms with Crippen molar-refractivity contribution in [2.24, 2.45) is 0 Å². The summed E-state index contributed by atoms with van der Waals surface area (Å²) in [5.74, 6) is 0.627. The lowest BCUT2D eigenvalue weighted by Gasteiger charge is -2.33. The summed E-state index contributed by atoms with van der Waals surface area (Å²) in [5.41, 5.74) is 18.4. The predicted octanol–water partition coefficient (Wildman–Crippen LogP) is 18.5. The zero-order valence-electron chi connectivity index (χ0n) is 39.6. The molecule has 1 aromatic heterocycles. The summed E-state index contributed by atoms with van der Waals surface area (Å²) in [6.45, 7) is 2.23. The summed E-state index contributed by atoms with van der Waals surface area (Å²) >= 11 is 0. The normalized spacial score (nSPS) is 14.6. The summed E-state index contributed by atoms with van der Waals surface area (Å²) in [5, 5.41) is 7.23. The van der Waals surface area contributed by atoms with Crippen LogP contribution in [0.15, 0.2) is 247 Å². The van der Waals surface area contributed by atoms with E-state index in [1.54, 1.807) is 0 Å². The third kappa shape index (κ3) is 7.96. The highest BCUT2D eigenvalue weighted by atomic mass is 16.3. The number of benzene rings is 10. The van der Waals surface area contributed by atoms with E-state index in [1.165, 1.54) is 94.1 Å². The highest BCUT2D eigenvalue weighted by molar-refractivity contribution is 6.10. The Balaban J connectivity index is 0.813. The van der Waals surface area contributed by atoms with Crippen LogP contribution in [0.2, 0.25) is 0 Å². The number of hydrogen-bond donors (Lipinski definition) is 0. The van der Waals surface area contributed by atoms with Gasteiger partial charge >= 0.3 is 0 Å². The first-order chi connectivity index (χ1) is 35.1. The maximum Gasteiger partial charge on any atom is 0.227 e. The maximum absolute atomic E-state index is 6.38. The molecule has 13 rings (SSSR count). The molecule has 0 N–H and O–H groups in total. The molecular weight excluding hydrogens is 861 g/mol. The second kappa shape index (κ2) is 17.9. The first-order valence-electron chi connectivity index (χ1n) is 24.8. The van der Waals surface area contributed by atoms with Crippen molar-refractivity contribution in [1.29, 1.82) is 0 Å². The Morgan fingerprint density at radius 1 is 0.451 bits per heavy atom. The lowest BCUT2D eigenvalue weighted by molar-refractivity contribution is 0.620. The van der Waals surface area contributed by atoms with Crippen LogP contribution in [-0.4, -0.2) is 11.0 Å². The van der Waals surface area contributed by atoms with E-state index in [9.17, 15) is 0 Å². The smallest absolute Gasteiger partial charge is 0.227 e. The molecule has 1 atom stereocenters. The van der Waals surface area contributed by atoms with E-state index >= 15 is 0 Å². The SMILES string of the molecule is Cc1cc(-c2ccc3ccc(N(c4ccc(C5=CCCC=C5)cc4)C4C=CC(c5cccc6ccccc56)=CC4)cc3c2)ccc1-c1cccc2c1ccc1oc(-c3ccc(-c4ccccc4)cc3)nc12. The zero-order valence-corrected chi connectivity index (χ0v) is 39.6. The van der Waals surface area contributed by atoms with Crippen molar-refractivity contribution in [2.75, 3.05) is 4.90 Å². The Morgan fingerprint density at radius 3 is 1.99 bits per heavy atom. The third-order valence-electron chi connectivity index (χ3n) is 14.6. The Kier molecular flexibility index (Phi) is 10.7. The molecule has 3 nitrogen and oxygen atoms in total. The number of allylic oxidation sites excluding steroid dienone is 6. The molecular formula is C68H50N2O. The van der Waals surface area contributed by atoms with Crippen molar-refractivity contribution in [3.05, 3.63) is 259 Å². The second-order valence-corrected chi connectivity index (χ2v) is 19.0. The molecule has 0 spiro atoms. The molecule has 3 heteroatoms. The van der Waals surface area contributed by atoms with Gasteiger partial charge in [-0.1, -0.05) is 188 Å². The Hall–Kier alpha value is -8.79. The minimum Gasteiger partial charge on any atom is -0.436 e. The summed E-state index contributed by atoms with van der Waals surface area (Å²) in [4.78, 5) is 7.60. The minimum absolute atomic E-state index is 0.137. The molecule has 71 heavy (non-hydrogen) atoms. The number of aromatic nitrogens is 1. The van der Waals surface area contributed by atoms with Crippen LogP contribution in [0.1, 0.15) is 36.0 Å². The van der Waals surface area contributed by atoms with Gasteiger partial charge in [0.15, 0.2) is 5.58 Å². The van der Waals surface area contributed by atoms with Gasteiger partial charge in [-0.2, -0.15) is 0 Å². The number of rotatable bonds is 9. The molecule has 0 saturated heterocycles. The fourth-order valence-electron chi connectivity index (χ4n) is 10.9. The van der Waals surface area contributed by atoms with Gasteiger partial charge in [0.1, 0.15) is 5.52 Å². The Morgan fingerprint density at radius 2 is 1.15 bits per heavy atom. The van der Waals surface area contributed by atoms with Crippen molar-refractivity contribution < 1.29 is 4.42 Å². The van der Waals surface area contributed by atoms with Gasteiger partial charge < -0.3 is 9.32 Å². The van der Waals surface area contributed by atoms with Gasteiger partial charge in [0.2, 0.25) is 5.89 Å². The van der Waals surface area contributed by atoms with Gasteiger partial charge in [-0.3, -0.25) is 0 Å². The minimum atomic E-state index is 0.137. The maximum atomic E-state index is 6.38. The molecule has 2 aliphatic carbocycles. The Bertz CT molecular complexity index is 3960. The van der Waals surface area contributed by atoms with E-state index in [4.69, 9.17) is 9.40 Å². The van der Waals surface area contributed by atoms with Gasteiger partial charge in [-0.25, -0.2) is 4.98 Å². The van der Waals surface area contributed by atoms with E-state index in [-0.39, 0.29) is 6.04 Å². The van der Waals surface area contributed by atoms with Crippen LogP contribution in [-0.2, 0) is 0 Å². The molecule has 0 aliphatic heterocycles. The van der Waals surface area contributed by atoms with Crippen LogP contribution in [0.3, 0.4) is 0 Å². The molecule has 0 fully saturated rings. The molecule has 338 valence electrons. The number of aryl methyl sites for hydroxylation is 1. The highest BCUT2D eigenvalue weighted by Gasteiger charge is 2.23. The number of fused-ring (bicyclic) bond motifs is 5. The second-order valence-electron chi connectivity index (χ2n) is 19.0. The average Bonchev–Trinajstić information content (AvgIpc) is 3.89. The average molecular weight is 911 g/mol.